The summed E-state index contributed by atoms with van der Waals surface area (Å²) in [5, 5.41) is 0. The molecule has 0 aromatic heterocycles. The maximum absolute atomic E-state index is 13.9. The Morgan fingerprint density at radius 2 is 1.96 bits per heavy atom. The van der Waals surface area contributed by atoms with Gasteiger partial charge in [-0.15, -0.1) is 0 Å². The first kappa shape index (κ1) is 18.9. The van der Waals surface area contributed by atoms with Crippen LogP contribution >= 0.6 is 0 Å². The van der Waals surface area contributed by atoms with Crippen molar-refractivity contribution in [3.05, 3.63) is 30.1 Å². The number of esters is 1. The lowest BCUT2D eigenvalue weighted by atomic mass is 10.1. The van der Waals surface area contributed by atoms with E-state index in [0.29, 0.717) is 0 Å². The molecule has 1 aliphatic heterocycles. The molecule has 7 heteroatoms. The van der Waals surface area contributed by atoms with Crippen LogP contribution in [0.4, 0.5) is 10.1 Å². The molecule has 2 rings (SSSR count). The van der Waals surface area contributed by atoms with E-state index >= 15 is 0 Å². The van der Waals surface area contributed by atoms with Gasteiger partial charge in [0.15, 0.2) is 0 Å². The number of carbonyl (C=O) groups is 3. The molecule has 136 valence electrons. The zero-order valence-electron chi connectivity index (χ0n) is 14.9. The summed E-state index contributed by atoms with van der Waals surface area (Å²) in [5.41, 5.74) is -0.469. The van der Waals surface area contributed by atoms with Crippen molar-refractivity contribution in [2.45, 2.75) is 32.8 Å². The van der Waals surface area contributed by atoms with E-state index in [-0.39, 0.29) is 37.0 Å². The Morgan fingerprint density at radius 1 is 1.32 bits per heavy atom. The molecule has 0 spiro atoms. The molecule has 0 bridgehead atoms. The van der Waals surface area contributed by atoms with Crippen LogP contribution < -0.4 is 4.90 Å². The van der Waals surface area contributed by atoms with Gasteiger partial charge in [0.2, 0.25) is 11.8 Å². The molecule has 1 aliphatic rings. The number of amides is 2. The van der Waals surface area contributed by atoms with Crippen LogP contribution in [-0.4, -0.2) is 48.4 Å². The number of para-hydroxylation sites is 1. The summed E-state index contributed by atoms with van der Waals surface area (Å²) in [6.45, 7) is 5.13. The summed E-state index contributed by atoms with van der Waals surface area (Å²) >= 11 is 0. The highest BCUT2D eigenvalue weighted by molar-refractivity contribution is 6.00. The molecule has 1 fully saturated rings. The monoisotopic (exact) mass is 350 g/mol. The lowest BCUT2D eigenvalue weighted by Crippen LogP contribution is -2.40. The van der Waals surface area contributed by atoms with E-state index in [1.165, 1.54) is 35.0 Å². The fourth-order valence-electron chi connectivity index (χ4n) is 2.73. The molecule has 1 atom stereocenters. The minimum atomic E-state index is -0.633. The van der Waals surface area contributed by atoms with Gasteiger partial charge in [-0.25, -0.2) is 4.39 Å². The van der Waals surface area contributed by atoms with Crippen molar-refractivity contribution in [3.8, 4) is 0 Å². The average molecular weight is 350 g/mol. The molecule has 25 heavy (non-hydrogen) atoms. The summed E-state index contributed by atoms with van der Waals surface area (Å²) in [5.74, 6) is -2.28. The summed E-state index contributed by atoms with van der Waals surface area (Å²) in [6.07, 6.45) is -0.00811. The molecular formula is C18H23FN2O4. The van der Waals surface area contributed by atoms with Crippen molar-refractivity contribution in [1.82, 2.24) is 4.90 Å². The van der Waals surface area contributed by atoms with E-state index in [1.807, 2.05) is 0 Å². The minimum Gasteiger partial charge on any atom is -0.459 e. The van der Waals surface area contributed by atoms with Crippen LogP contribution in [0.15, 0.2) is 24.3 Å². The normalized spacial score (nSPS) is 17.6. The molecule has 1 saturated heterocycles. The first-order valence-electron chi connectivity index (χ1n) is 8.10. The van der Waals surface area contributed by atoms with E-state index in [2.05, 4.69) is 0 Å². The Hall–Kier alpha value is -2.44. The van der Waals surface area contributed by atoms with Gasteiger partial charge >= 0.3 is 5.97 Å². The highest BCUT2D eigenvalue weighted by Gasteiger charge is 2.37. The zero-order chi connectivity index (χ0) is 18.8. The van der Waals surface area contributed by atoms with E-state index in [1.54, 1.807) is 26.8 Å². The van der Waals surface area contributed by atoms with Gasteiger partial charge in [-0.05, 0) is 32.9 Å². The second-order valence-electron chi connectivity index (χ2n) is 7.14. The van der Waals surface area contributed by atoms with Crippen molar-refractivity contribution in [3.63, 3.8) is 0 Å². The van der Waals surface area contributed by atoms with Gasteiger partial charge in [-0.3, -0.25) is 14.4 Å². The minimum absolute atomic E-state index is 0.00811. The van der Waals surface area contributed by atoms with Gasteiger partial charge in [0.25, 0.3) is 0 Å². The highest BCUT2D eigenvalue weighted by atomic mass is 19.1. The van der Waals surface area contributed by atoms with E-state index < -0.39 is 23.3 Å². The Balaban J connectivity index is 2.00. The van der Waals surface area contributed by atoms with Gasteiger partial charge in [-0.2, -0.15) is 0 Å². The third-order valence-electron chi connectivity index (χ3n) is 3.78. The fourth-order valence-corrected chi connectivity index (χ4v) is 2.73. The fraction of sp³-hybridized carbons (Fsp3) is 0.500. The quantitative estimate of drug-likeness (QED) is 0.779. The summed E-state index contributed by atoms with van der Waals surface area (Å²) in [7, 11) is 1.49. The van der Waals surface area contributed by atoms with Crippen LogP contribution in [0.3, 0.4) is 0 Å². The number of benzene rings is 1. The summed E-state index contributed by atoms with van der Waals surface area (Å²) in [6, 6.07) is 5.95. The number of hydrogen-bond acceptors (Lipinski definition) is 4. The Morgan fingerprint density at radius 3 is 2.56 bits per heavy atom. The number of anilines is 1. The van der Waals surface area contributed by atoms with Crippen LogP contribution in [0.25, 0.3) is 0 Å². The van der Waals surface area contributed by atoms with E-state index in [0.717, 1.165) is 0 Å². The van der Waals surface area contributed by atoms with E-state index in [9.17, 15) is 18.8 Å². The molecule has 1 heterocycles. The third-order valence-corrected chi connectivity index (χ3v) is 3.78. The van der Waals surface area contributed by atoms with Crippen LogP contribution in [0, 0.1) is 11.7 Å². The number of likely N-dealkylation sites (N-methyl/N-ethyl adjacent to an activating group) is 1. The van der Waals surface area contributed by atoms with Crippen LogP contribution in [0.2, 0.25) is 0 Å². The molecule has 0 saturated carbocycles. The first-order valence-corrected chi connectivity index (χ1v) is 8.10. The third kappa shape index (κ3) is 4.78. The molecule has 1 aromatic carbocycles. The zero-order valence-corrected chi connectivity index (χ0v) is 14.9. The molecule has 0 aliphatic carbocycles. The van der Waals surface area contributed by atoms with Crippen molar-refractivity contribution in [2.75, 3.05) is 25.0 Å². The van der Waals surface area contributed by atoms with Crippen LogP contribution in [0.1, 0.15) is 27.2 Å². The molecule has 2 amide bonds. The van der Waals surface area contributed by atoms with Crippen LogP contribution in [-0.2, 0) is 19.1 Å². The number of carbonyl (C=O) groups excluding carboxylic acids is 3. The van der Waals surface area contributed by atoms with Gasteiger partial charge in [0, 0.05) is 20.0 Å². The van der Waals surface area contributed by atoms with Crippen molar-refractivity contribution < 1.29 is 23.5 Å². The SMILES string of the molecule is CN(CC(=O)OC(C)(C)C)C(=O)C1CC(=O)N(c2ccccc2F)C1. The standard InChI is InChI=1S/C18H23FN2O4/c1-18(2,3)25-16(23)11-20(4)17(24)12-9-15(22)21(10-12)14-8-6-5-7-13(14)19/h5-8,12H,9-11H2,1-4H3. The highest BCUT2D eigenvalue weighted by Crippen LogP contribution is 2.28. The lowest BCUT2D eigenvalue weighted by molar-refractivity contribution is -0.158. The Labute approximate surface area is 146 Å². The first-order chi connectivity index (χ1) is 11.6. The average Bonchev–Trinajstić information content (AvgIpc) is 2.86. The predicted octanol–water partition coefficient (Wildman–Crippen LogP) is 1.98. The lowest BCUT2D eigenvalue weighted by Gasteiger charge is -2.24. The predicted molar refractivity (Wildman–Crippen MR) is 90.3 cm³/mol. The number of ether oxygens (including phenoxy) is 1. The van der Waals surface area contributed by atoms with Crippen molar-refractivity contribution in [1.29, 1.82) is 0 Å². The Kier molecular flexibility index (Phi) is 5.45. The number of halogens is 1. The molecule has 1 unspecified atom stereocenters. The van der Waals surface area contributed by atoms with E-state index in [4.69, 9.17) is 4.74 Å². The van der Waals surface area contributed by atoms with Crippen LogP contribution in [0.5, 0.6) is 0 Å². The van der Waals surface area contributed by atoms with Crippen molar-refractivity contribution >= 4 is 23.5 Å². The maximum Gasteiger partial charge on any atom is 0.326 e. The van der Waals surface area contributed by atoms with Gasteiger partial charge in [0.05, 0.1) is 11.6 Å². The largest absolute Gasteiger partial charge is 0.459 e. The maximum atomic E-state index is 13.9. The second-order valence-corrected chi connectivity index (χ2v) is 7.14. The summed E-state index contributed by atoms with van der Waals surface area (Å²) < 4.78 is 19.1. The Bertz CT molecular complexity index is 684. The molecular weight excluding hydrogens is 327 g/mol. The smallest absolute Gasteiger partial charge is 0.326 e. The van der Waals surface area contributed by atoms with Gasteiger partial charge in [0.1, 0.15) is 18.0 Å². The van der Waals surface area contributed by atoms with Gasteiger partial charge in [-0.1, -0.05) is 12.1 Å². The second kappa shape index (κ2) is 7.21. The molecule has 0 radical (unpaired) electrons. The molecule has 6 nitrogen and oxygen atoms in total. The molecule has 0 N–H and O–H groups in total. The molecule has 1 aromatic rings. The van der Waals surface area contributed by atoms with Crippen molar-refractivity contribution in [2.24, 2.45) is 5.92 Å². The topological polar surface area (TPSA) is 66.9 Å². The number of hydrogen-bond donors (Lipinski definition) is 0. The summed E-state index contributed by atoms with van der Waals surface area (Å²) in [4.78, 5) is 39.0. The van der Waals surface area contributed by atoms with Gasteiger partial charge < -0.3 is 14.5 Å². The number of rotatable bonds is 4. The number of nitrogens with zero attached hydrogens (tertiary/aromatic N) is 2.